The fraction of sp³-hybridized carbons (Fsp3) is 0.562. The second kappa shape index (κ2) is 8.02. The molecule has 1 unspecified atom stereocenters. The molecule has 1 aliphatic rings. The number of hydrogen-bond acceptors (Lipinski definition) is 2. The van der Waals surface area contributed by atoms with E-state index >= 15 is 0 Å². The summed E-state index contributed by atoms with van der Waals surface area (Å²) in [4.78, 5) is 14.4. The van der Waals surface area contributed by atoms with Crippen LogP contribution in [-0.2, 0) is 11.3 Å². The Hall–Kier alpha value is -0.770. The quantitative estimate of drug-likeness (QED) is 0.893. The van der Waals surface area contributed by atoms with Crippen LogP contribution in [0.5, 0.6) is 0 Å². The van der Waals surface area contributed by atoms with Gasteiger partial charge in [0.15, 0.2) is 0 Å². The van der Waals surface area contributed by atoms with Gasteiger partial charge in [-0.25, -0.2) is 0 Å². The lowest BCUT2D eigenvalue weighted by Gasteiger charge is -2.32. The molecule has 1 aromatic carbocycles. The zero-order chi connectivity index (χ0) is 15.2. The Morgan fingerprint density at radius 1 is 1.43 bits per heavy atom. The van der Waals surface area contributed by atoms with E-state index in [0.29, 0.717) is 10.0 Å². The Morgan fingerprint density at radius 2 is 2.24 bits per heavy atom. The highest BCUT2D eigenvalue weighted by Crippen LogP contribution is 2.24. The number of nitrogens with one attached hydrogen (secondary N) is 1. The topological polar surface area (TPSA) is 32.3 Å². The molecular weight excluding hydrogens is 307 g/mol. The van der Waals surface area contributed by atoms with Crippen LogP contribution in [0, 0.1) is 5.92 Å². The van der Waals surface area contributed by atoms with Gasteiger partial charge in [-0.1, -0.05) is 36.2 Å². The Morgan fingerprint density at radius 3 is 2.95 bits per heavy atom. The van der Waals surface area contributed by atoms with Gasteiger partial charge in [0.05, 0.1) is 5.92 Å². The van der Waals surface area contributed by atoms with Crippen LogP contribution in [0.3, 0.4) is 0 Å². The molecule has 0 saturated carbocycles. The molecule has 21 heavy (non-hydrogen) atoms. The molecule has 1 heterocycles. The van der Waals surface area contributed by atoms with Crippen LogP contribution in [0.1, 0.15) is 31.7 Å². The zero-order valence-electron chi connectivity index (χ0n) is 12.4. The highest BCUT2D eigenvalue weighted by atomic mass is 35.5. The monoisotopic (exact) mass is 328 g/mol. The molecule has 116 valence electrons. The molecule has 0 aliphatic carbocycles. The number of hydrogen-bond donors (Lipinski definition) is 1. The molecule has 1 atom stereocenters. The predicted molar refractivity (Wildman–Crippen MR) is 87.8 cm³/mol. The lowest BCUT2D eigenvalue weighted by molar-refractivity contribution is -0.126. The van der Waals surface area contributed by atoms with Gasteiger partial charge in [-0.05, 0) is 43.5 Å². The number of likely N-dealkylation sites (tertiary alicyclic amines) is 1. The molecule has 1 aromatic rings. The highest BCUT2D eigenvalue weighted by Gasteiger charge is 2.25. The summed E-state index contributed by atoms with van der Waals surface area (Å²) >= 11 is 12.1. The fourth-order valence-corrected chi connectivity index (χ4v) is 3.16. The number of benzene rings is 1. The normalized spacial score (nSPS) is 19.5. The minimum Gasteiger partial charge on any atom is -0.356 e. The van der Waals surface area contributed by atoms with Crippen LogP contribution in [0.15, 0.2) is 18.2 Å². The molecule has 0 radical (unpaired) electrons. The van der Waals surface area contributed by atoms with Crippen molar-refractivity contribution < 1.29 is 4.79 Å². The number of carbonyl (C=O) groups is 1. The summed E-state index contributed by atoms with van der Waals surface area (Å²) in [6, 6.07) is 5.59. The molecule has 2 rings (SSSR count). The molecule has 1 fully saturated rings. The number of halogens is 2. The summed E-state index contributed by atoms with van der Waals surface area (Å²) in [7, 11) is 0. The van der Waals surface area contributed by atoms with Crippen LogP contribution in [0.25, 0.3) is 0 Å². The van der Waals surface area contributed by atoms with E-state index in [1.807, 2.05) is 12.1 Å². The summed E-state index contributed by atoms with van der Waals surface area (Å²) in [6.07, 6.45) is 3.00. The van der Waals surface area contributed by atoms with Crippen molar-refractivity contribution >= 4 is 29.1 Å². The van der Waals surface area contributed by atoms with E-state index in [9.17, 15) is 4.79 Å². The van der Waals surface area contributed by atoms with Crippen LogP contribution in [0.2, 0.25) is 10.0 Å². The molecule has 0 aromatic heterocycles. The van der Waals surface area contributed by atoms with Crippen LogP contribution < -0.4 is 5.32 Å². The summed E-state index contributed by atoms with van der Waals surface area (Å²) in [6.45, 7) is 5.41. The third-order valence-electron chi connectivity index (χ3n) is 3.83. The molecule has 0 bridgehead atoms. The number of piperidine rings is 1. The first-order valence-electron chi connectivity index (χ1n) is 7.54. The number of rotatable bonds is 5. The van der Waals surface area contributed by atoms with Crippen LogP contribution >= 0.6 is 23.2 Å². The smallest absolute Gasteiger partial charge is 0.224 e. The summed E-state index contributed by atoms with van der Waals surface area (Å²) in [5.41, 5.74) is 1.07. The number of carbonyl (C=O) groups excluding carboxylic acids is 1. The van der Waals surface area contributed by atoms with Crippen LogP contribution in [-0.4, -0.2) is 30.4 Å². The van der Waals surface area contributed by atoms with Crippen molar-refractivity contribution in [3.8, 4) is 0 Å². The van der Waals surface area contributed by atoms with Crippen molar-refractivity contribution in [3.63, 3.8) is 0 Å². The Kier molecular flexibility index (Phi) is 6.34. The molecule has 1 aliphatic heterocycles. The van der Waals surface area contributed by atoms with Crippen LogP contribution in [0.4, 0.5) is 0 Å². The lowest BCUT2D eigenvalue weighted by atomic mass is 9.96. The third-order valence-corrected chi connectivity index (χ3v) is 4.42. The Balaban J connectivity index is 1.93. The fourth-order valence-electron chi connectivity index (χ4n) is 2.70. The lowest BCUT2D eigenvalue weighted by Crippen LogP contribution is -2.42. The minimum absolute atomic E-state index is 0.0939. The van der Waals surface area contributed by atoms with Gasteiger partial charge in [0.2, 0.25) is 5.91 Å². The van der Waals surface area contributed by atoms with Gasteiger partial charge in [-0.3, -0.25) is 9.69 Å². The van der Waals surface area contributed by atoms with Crippen molar-refractivity contribution in [1.82, 2.24) is 10.2 Å². The Bertz CT molecular complexity index is 493. The SMILES string of the molecule is CCCNC(=O)C1CCCN(Cc2ccc(Cl)cc2Cl)C1. The Labute approximate surface area is 136 Å². The number of nitrogens with zero attached hydrogens (tertiary/aromatic N) is 1. The highest BCUT2D eigenvalue weighted by molar-refractivity contribution is 6.35. The van der Waals surface area contributed by atoms with Gasteiger partial charge >= 0.3 is 0 Å². The maximum Gasteiger partial charge on any atom is 0.224 e. The summed E-state index contributed by atoms with van der Waals surface area (Å²) < 4.78 is 0. The predicted octanol–water partition coefficient (Wildman–Crippen LogP) is 3.73. The first-order chi connectivity index (χ1) is 10.1. The molecule has 3 nitrogen and oxygen atoms in total. The van der Waals surface area contributed by atoms with Crippen molar-refractivity contribution in [2.24, 2.45) is 5.92 Å². The number of amides is 1. The standard InChI is InChI=1S/C16H22Cl2N2O/c1-2-7-19-16(21)13-4-3-8-20(11-13)10-12-5-6-14(17)9-15(12)18/h5-6,9,13H,2-4,7-8,10-11H2,1H3,(H,19,21). The zero-order valence-corrected chi connectivity index (χ0v) is 13.9. The summed E-state index contributed by atoms with van der Waals surface area (Å²) in [5.74, 6) is 0.278. The third kappa shape index (κ3) is 4.87. The largest absolute Gasteiger partial charge is 0.356 e. The first kappa shape index (κ1) is 16.6. The summed E-state index contributed by atoms with van der Waals surface area (Å²) in [5, 5.41) is 4.34. The van der Waals surface area contributed by atoms with Crippen molar-refractivity contribution in [3.05, 3.63) is 33.8 Å². The van der Waals surface area contributed by atoms with Crippen molar-refractivity contribution in [1.29, 1.82) is 0 Å². The molecule has 1 amide bonds. The van der Waals surface area contributed by atoms with Gasteiger partial charge in [0.25, 0.3) is 0 Å². The van der Waals surface area contributed by atoms with Crippen molar-refractivity contribution in [2.45, 2.75) is 32.7 Å². The van der Waals surface area contributed by atoms with E-state index in [4.69, 9.17) is 23.2 Å². The molecule has 5 heteroatoms. The molecule has 0 spiro atoms. The van der Waals surface area contributed by atoms with Gasteiger partial charge < -0.3 is 5.32 Å². The van der Waals surface area contributed by atoms with E-state index in [2.05, 4.69) is 17.1 Å². The van der Waals surface area contributed by atoms with E-state index in [-0.39, 0.29) is 11.8 Å². The average molecular weight is 329 g/mol. The van der Waals surface area contributed by atoms with Crippen molar-refractivity contribution in [2.75, 3.05) is 19.6 Å². The maximum atomic E-state index is 12.1. The van der Waals surface area contributed by atoms with Gasteiger partial charge in [0, 0.05) is 29.7 Å². The maximum absolute atomic E-state index is 12.1. The van der Waals surface area contributed by atoms with E-state index in [1.165, 1.54) is 0 Å². The van der Waals surface area contributed by atoms with Gasteiger partial charge in [-0.15, -0.1) is 0 Å². The van der Waals surface area contributed by atoms with Gasteiger partial charge in [-0.2, -0.15) is 0 Å². The second-order valence-electron chi connectivity index (χ2n) is 5.60. The molecule has 1 saturated heterocycles. The molecule has 1 N–H and O–H groups in total. The molecular formula is C16H22Cl2N2O. The second-order valence-corrected chi connectivity index (χ2v) is 6.44. The van der Waals surface area contributed by atoms with E-state index in [0.717, 1.165) is 51.0 Å². The average Bonchev–Trinajstić information content (AvgIpc) is 2.48. The minimum atomic E-state index is 0.0939. The first-order valence-corrected chi connectivity index (χ1v) is 8.29. The van der Waals surface area contributed by atoms with Gasteiger partial charge in [0.1, 0.15) is 0 Å². The van der Waals surface area contributed by atoms with E-state index < -0.39 is 0 Å². The van der Waals surface area contributed by atoms with E-state index in [1.54, 1.807) is 6.07 Å².